The SMILES string of the molecule is COC(=O)c1ccc(-c2noc(CN3CCN(C)C(c4ccccc4)C3)n2)cc1. The third kappa shape index (κ3) is 4.36. The van der Waals surface area contributed by atoms with Gasteiger partial charge in [-0.25, -0.2) is 4.79 Å². The van der Waals surface area contributed by atoms with Gasteiger partial charge in [0.1, 0.15) is 0 Å². The molecular weight excluding hydrogens is 368 g/mol. The molecule has 7 heteroatoms. The zero-order chi connectivity index (χ0) is 20.2. The lowest BCUT2D eigenvalue weighted by Gasteiger charge is -2.39. The molecule has 0 amide bonds. The van der Waals surface area contributed by atoms with Crippen LogP contribution in [0.4, 0.5) is 0 Å². The molecule has 4 rings (SSSR count). The van der Waals surface area contributed by atoms with Crippen LogP contribution in [-0.4, -0.2) is 59.7 Å². The number of benzene rings is 2. The molecule has 0 spiro atoms. The lowest BCUT2D eigenvalue weighted by Crippen LogP contribution is -2.46. The Hall–Kier alpha value is -3.03. The second kappa shape index (κ2) is 8.55. The molecule has 1 unspecified atom stereocenters. The van der Waals surface area contributed by atoms with E-state index in [0.29, 0.717) is 29.9 Å². The van der Waals surface area contributed by atoms with Gasteiger partial charge >= 0.3 is 5.97 Å². The van der Waals surface area contributed by atoms with Gasteiger partial charge in [0.15, 0.2) is 0 Å². The van der Waals surface area contributed by atoms with Crippen LogP contribution < -0.4 is 0 Å². The van der Waals surface area contributed by atoms with Crippen LogP contribution in [0.3, 0.4) is 0 Å². The number of piperazine rings is 1. The first kappa shape index (κ1) is 19.3. The van der Waals surface area contributed by atoms with Crippen LogP contribution in [0, 0.1) is 0 Å². The number of esters is 1. The van der Waals surface area contributed by atoms with Crippen molar-refractivity contribution in [2.45, 2.75) is 12.6 Å². The molecule has 0 radical (unpaired) electrons. The van der Waals surface area contributed by atoms with E-state index in [1.807, 2.05) is 6.07 Å². The summed E-state index contributed by atoms with van der Waals surface area (Å²) in [6.07, 6.45) is 0. The van der Waals surface area contributed by atoms with Gasteiger partial charge < -0.3 is 9.26 Å². The summed E-state index contributed by atoms with van der Waals surface area (Å²) >= 11 is 0. The Balaban J connectivity index is 1.43. The quantitative estimate of drug-likeness (QED) is 0.618. The van der Waals surface area contributed by atoms with E-state index in [1.165, 1.54) is 12.7 Å². The van der Waals surface area contributed by atoms with Crippen LogP contribution in [-0.2, 0) is 11.3 Å². The molecule has 29 heavy (non-hydrogen) atoms. The number of likely N-dealkylation sites (N-methyl/N-ethyl adjacent to an activating group) is 1. The van der Waals surface area contributed by atoms with Crippen LogP contribution in [0.25, 0.3) is 11.4 Å². The van der Waals surface area contributed by atoms with E-state index in [2.05, 4.69) is 51.3 Å². The zero-order valence-corrected chi connectivity index (χ0v) is 16.6. The van der Waals surface area contributed by atoms with Gasteiger partial charge in [-0.15, -0.1) is 0 Å². The Kier molecular flexibility index (Phi) is 5.69. The largest absolute Gasteiger partial charge is 0.465 e. The van der Waals surface area contributed by atoms with E-state index >= 15 is 0 Å². The molecule has 0 aliphatic carbocycles. The number of carbonyl (C=O) groups is 1. The number of hydrogen-bond donors (Lipinski definition) is 0. The van der Waals surface area contributed by atoms with Crippen LogP contribution in [0.5, 0.6) is 0 Å². The van der Waals surface area contributed by atoms with Crippen molar-refractivity contribution >= 4 is 5.97 Å². The van der Waals surface area contributed by atoms with Crippen molar-refractivity contribution < 1.29 is 14.1 Å². The predicted molar refractivity (Wildman–Crippen MR) is 108 cm³/mol. The Labute approximate surface area is 169 Å². The van der Waals surface area contributed by atoms with E-state index in [4.69, 9.17) is 9.26 Å². The smallest absolute Gasteiger partial charge is 0.337 e. The number of carbonyl (C=O) groups excluding carboxylic acids is 1. The van der Waals surface area contributed by atoms with Crippen LogP contribution in [0.15, 0.2) is 59.1 Å². The molecule has 0 N–H and O–H groups in total. The second-order valence-electron chi connectivity index (χ2n) is 7.22. The Morgan fingerprint density at radius 3 is 2.62 bits per heavy atom. The van der Waals surface area contributed by atoms with Gasteiger partial charge in [0.25, 0.3) is 0 Å². The Morgan fingerprint density at radius 2 is 1.90 bits per heavy atom. The molecule has 1 fully saturated rings. The standard InChI is InChI=1S/C22H24N4O3/c1-25-12-13-26(14-19(25)16-6-4-3-5-7-16)15-20-23-21(24-29-20)17-8-10-18(11-9-17)22(27)28-2/h3-11,19H,12-15H2,1-2H3. The van der Waals surface area contributed by atoms with Crippen LogP contribution in [0.1, 0.15) is 27.9 Å². The van der Waals surface area contributed by atoms with E-state index in [9.17, 15) is 4.79 Å². The molecule has 1 atom stereocenters. The van der Waals surface area contributed by atoms with Gasteiger partial charge in [0.05, 0.1) is 19.2 Å². The molecular formula is C22H24N4O3. The summed E-state index contributed by atoms with van der Waals surface area (Å²) in [7, 11) is 3.53. The Morgan fingerprint density at radius 1 is 1.14 bits per heavy atom. The van der Waals surface area contributed by atoms with Gasteiger partial charge in [-0.2, -0.15) is 4.98 Å². The predicted octanol–water partition coefficient (Wildman–Crippen LogP) is 3.01. The molecule has 2 heterocycles. The van der Waals surface area contributed by atoms with Crippen molar-refractivity contribution in [2.75, 3.05) is 33.8 Å². The fraction of sp³-hybridized carbons (Fsp3) is 0.318. The molecule has 1 aliphatic heterocycles. The van der Waals surface area contributed by atoms with Gasteiger partial charge in [0, 0.05) is 31.2 Å². The van der Waals surface area contributed by atoms with Gasteiger partial charge in [-0.1, -0.05) is 47.6 Å². The normalized spacial score (nSPS) is 17.9. The summed E-state index contributed by atoms with van der Waals surface area (Å²) in [4.78, 5) is 20.8. The number of ether oxygens (including phenoxy) is 1. The summed E-state index contributed by atoms with van der Waals surface area (Å²) in [6.45, 7) is 3.46. The number of nitrogens with zero attached hydrogens (tertiary/aromatic N) is 4. The summed E-state index contributed by atoms with van der Waals surface area (Å²) in [5.41, 5.74) is 2.61. The first-order chi connectivity index (χ1) is 14.1. The summed E-state index contributed by atoms with van der Waals surface area (Å²) in [5, 5.41) is 4.10. The molecule has 1 saturated heterocycles. The maximum Gasteiger partial charge on any atom is 0.337 e. The number of aromatic nitrogens is 2. The van der Waals surface area contributed by atoms with Crippen molar-refractivity contribution in [1.29, 1.82) is 0 Å². The highest BCUT2D eigenvalue weighted by Gasteiger charge is 2.26. The third-order valence-electron chi connectivity index (χ3n) is 5.31. The summed E-state index contributed by atoms with van der Waals surface area (Å²) in [6, 6.07) is 17.9. The highest BCUT2D eigenvalue weighted by Crippen LogP contribution is 2.25. The lowest BCUT2D eigenvalue weighted by atomic mass is 10.0. The minimum absolute atomic E-state index is 0.346. The molecule has 150 valence electrons. The second-order valence-corrected chi connectivity index (χ2v) is 7.22. The third-order valence-corrected chi connectivity index (χ3v) is 5.31. The number of rotatable bonds is 5. The van der Waals surface area contributed by atoms with E-state index in [-0.39, 0.29) is 5.97 Å². The van der Waals surface area contributed by atoms with E-state index in [1.54, 1.807) is 24.3 Å². The van der Waals surface area contributed by atoms with Gasteiger partial charge in [-0.3, -0.25) is 9.80 Å². The fourth-order valence-electron chi connectivity index (χ4n) is 3.61. The van der Waals surface area contributed by atoms with Gasteiger partial charge in [0.2, 0.25) is 11.7 Å². The maximum atomic E-state index is 11.6. The first-order valence-electron chi connectivity index (χ1n) is 9.63. The average Bonchev–Trinajstić information content (AvgIpc) is 3.23. The summed E-state index contributed by atoms with van der Waals surface area (Å²) < 4.78 is 10.2. The highest BCUT2D eigenvalue weighted by molar-refractivity contribution is 5.89. The van der Waals surface area contributed by atoms with Crippen molar-refractivity contribution in [2.24, 2.45) is 0 Å². The van der Waals surface area contributed by atoms with E-state index < -0.39 is 0 Å². The van der Waals surface area contributed by atoms with Crippen LogP contribution >= 0.6 is 0 Å². The number of methoxy groups -OCH3 is 1. The minimum atomic E-state index is -0.367. The average molecular weight is 392 g/mol. The van der Waals surface area contributed by atoms with Crippen molar-refractivity contribution in [3.8, 4) is 11.4 Å². The van der Waals surface area contributed by atoms with Crippen LogP contribution in [0.2, 0.25) is 0 Å². The number of hydrogen-bond acceptors (Lipinski definition) is 7. The molecule has 1 aliphatic rings. The zero-order valence-electron chi connectivity index (χ0n) is 16.6. The minimum Gasteiger partial charge on any atom is -0.465 e. The molecule has 0 bridgehead atoms. The molecule has 3 aromatic rings. The molecule has 2 aromatic carbocycles. The summed E-state index contributed by atoms with van der Waals surface area (Å²) in [5.74, 6) is 0.743. The first-order valence-corrected chi connectivity index (χ1v) is 9.63. The maximum absolute atomic E-state index is 11.6. The topological polar surface area (TPSA) is 71.7 Å². The van der Waals surface area contributed by atoms with Crippen molar-refractivity contribution in [3.63, 3.8) is 0 Å². The molecule has 0 saturated carbocycles. The van der Waals surface area contributed by atoms with Crippen molar-refractivity contribution in [3.05, 3.63) is 71.6 Å². The van der Waals surface area contributed by atoms with E-state index in [0.717, 1.165) is 25.2 Å². The van der Waals surface area contributed by atoms with Gasteiger partial charge in [-0.05, 0) is 24.7 Å². The van der Waals surface area contributed by atoms with Crippen molar-refractivity contribution in [1.82, 2.24) is 19.9 Å². The lowest BCUT2D eigenvalue weighted by molar-refractivity contribution is 0.0600. The fourth-order valence-corrected chi connectivity index (χ4v) is 3.61. The molecule has 1 aromatic heterocycles. The molecule has 7 nitrogen and oxygen atoms in total. The highest BCUT2D eigenvalue weighted by atomic mass is 16.5. The monoisotopic (exact) mass is 392 g/mol. The Bertz CT molecular complexity index is 956.